The summed E-state index contributed by atoms with van der Waals surface area (Å²) in [7, 11) is 0. The molecule has 0 aliphatic carbocycles. The van der Waals surface area contributed by atoms with Crippen LogP contribution in [0.2, 0.25) is 5.02 Å². The fourth-order valence-corrected chi connectivity index (χ4v) is 2.00. The van der Waals surface area contributed by atoms with Crippen LogP contribution in [0.1, 0.15) is 39.2 Å². The van der Waals surface area contributed by atoms with E-state index in [1.54, 1.807) is 12.1 Å². The first-order valence-electron chi connectivity index (χ1n) is 6.03. The summed E-state index contributed by atoms with van der Waals surface area (Å²) in [6, 6.07) is 7.89. The van der Waals surface area contributed by atoms with Crippen LogP contribution in [0.25, 0.3) is 0 Å². The Kier molecular flexibility index (Phi) is 5.31. The van der Waals surface area contributed by atoms with Crippen molar-refractivity contribution in [2.75, 3.05) is 5.32 Å². The molecule has 0 spiro atoms. The molecular weight excluding hydrogens is 232 g/mol. The summed E-state index contributed by atoms with van der Waals surface area (Å²) in [6.07, 6.45) is 2.28. The molecule has 92 valence electrons. The molecule has 3 heteroatoms. The highest BCUT2D eigenvalue weighted by Gasteiger charge is 2.09. The van der Waals surface area contributed by atoms with Crippen LogP contribution in [-0.2, 0) is 0 Å². The van der Waals surface area contributed by atoms with Gasteiger partial charge < -0.3 is 5.32 Å². The van der Waals surface area contributed by atoms with E-state index in [0.29, 0.717) is 22.5 Å². The molecule has 2 nitrogen and oxygen atoms in total. The fraction of sp³-hybridized carbons (Fsp3) is 0.500. The topological polar surface area (TPSA) is 35.8 Å². The van der Waals surface area contributed by atoms with Gasteiger partial charge in [0.25, 0.3) is 0 Å². The van der Waals surface area contributed by atoms with Gasteiger partial charge in [-0.15, -0.1) is 0 Å². The van der Waals surface area contributed by atoms with Crippen molar-refractivity contribution < 1.29 is 0 Å². The van der Waals surface area contributed by atoms with Crippen molar-refractivity contribution in [3.8, 4) is 6.07 Å². The molecule has 2 unspecified atom stereocenters. The molecule has 0 aromatic heterocycles. The molecule has 2 atom stereocenters. The van der Waals surface area contributed by atoms with Crippen LogP contribution in [-0.4, -0.2) is 6.04 Å². The zero-order chi connectivity index (χ0) is 12.8. The van der Waals surface area contributed by atoms with Gasteiger partial charge >= 0.3 is 0 Å². The number of nitriles is 1. The second kappa shape index (κ2) is 6.51. The van der Waals surface area contributed by atoms with Crippen molar-refractivity contribution >= 4 is 17.3 Å². The minimum absolute atomic E-state index is 0.359. The molecule has 1 aromatic rings. The number of nitrogens with one attached hydrogen (secondary N) is 1. The van der Waals surface area contributed by atoms with Gasteiger partial charge in [0, 0.05) is 11.1 Å². The fourth-order valence-electron chi connectivity index (χ4n) is 1.83. The number of hydrogen-bond acceptors (Lipinski definition) is 2. The lowest BCUT2D eigenvalue weighted by Crippen LogP contribution is -2.18. The Balaban J connectivity index is 2.71. The molecule has 1 aromatic carbocycles. The maximum absolute atomic E-state index is 9.04. The van der Waals surface area contributed by atoms with E-state index in [2.05, 4.69) is 32.2 Å². The van der Waals surface area contributed by atoms with Crippen LogP contribution in [0.5, 0.6) is 0 Å². The molecule has 0 amide bonds. The largest absolute Gasteiger partial charge is 0.382 e. The average Bonchev–Trinajstić information content (AvgIpc) is 2.31. The summed E-state index contributed by atoms with van der Waals surface area (Å²) in [5.74, 6) is 0.690. The third kappa shape index (κ3) is 4.28. The first kappa shape index (κ1) is 13.9. The predicted octanol–water partition coefficient (Wildman–Crippen LogP) is 4.45. The average molecular weight is 251 g/mol. The zero-order valence-corrected chi connectivity index (χ0v) is 11.4. The summed E-state index contributed by atoms with van der Waals surface area (Å²) in [6.45, 7) is 6.58. The Morgan fingerprint density at radius 2 is 2.12 bits per heavy atom. The van der Waals surface area contributed by atoms with Gasteiger partial charge in [-0.1, -0.05) is 31.9 Å². The van der Waals surface area contributed by atoms with Crippen LogP contribution < -0.4 is 5.32 Å². The molecular formula is C14H19ClN2. The number of nitrogens with zero attached hydrogens (tertiary/aromatic N) is 1. The van der Waals surface area contributed by atoms with Crippen molar-refractivity contribution in [3.63, 3.8) is 0 Å². The van der Waals surface area contributed by atoms with Crippen LogP contribution in [0.4, 0.5) is 5.69 Å². The van der Waals surface area contributed by atoms with Crippen LogP contribution in [0.15, 0.2) is 18.2 Å². The number of benzene rings is 1. The summed E-state index contributed by atoms with van der Waals surface area (Å²) >= 11 is 5.86. The molecule has 1 rings (SSSR count). The van der Waals surface area contributed by atoms with Crippen molar-refractivity contribution in [2.24, 2.45) is 5.92 Å². The van der Waals surface area contributed by atoms with E-state index in [-0.39, 0.29) is 0 Å². The van der Waals surface area contributed by atoms with Gasteiger partial charge in [0.15, 0.2) is 0 Å². The molecule has 17 heavy (non-hydrogen) atoms. The molecule has 0 saturated carbocycles. The van der Waals surface area contributed by atoms with Gasteiger partial charge in [0.05, 0.1) is 11.3 Å². The first-order valence-corrected chi connectivity index (χ1v) is 6.40. The highest BCUT2D eigenvalue weighted by atomic mass is 35.5. The van der Waals surface area contributed by atoms with Gasteiger partial charge in [-0.25, -0.2) is 0 Å². The third-order valence-electron chi connectivity index (χ3n) is 2.96. The van der Waals surface area contributed by atoms with Gasteiger partial charge in [-0.3, -0.25) is 0 Å². The smallest absolute Gasteiger partial charge is 0.101 e. The Labute approximate surface area is 109 Å². The number of rotatable bonds is 5. The zero-order valence-electron chi connectivity index (χ0n) is 10.6. The van der Waals surface area contributed by atoms with Gasteiger partial charge in [0.1, 0.15) is 6.07 Å². The van der Waals surface area contributed by atoms with E-state index < -0.39 is 0 Å². The highest BCUT2D eigenvalue weighted by Crippen LogP contribution is 2.22. The number of anilines is 1. The summed E-state index contributed by atoms with van der Waals surface area (Å²) in [5.41, 5.74) is 1.47. The highest BCUT2D eigenvalue weighted by molar-refractivity contribution is 6.30. The molecule has 0 bridgehead atoms. The molecule has 1 N–H and O–H groups in total. The quantitative estimate of drug-likeness (QED) is 0.838. The van der Waals surface area contributed by atoms with Crippen LogP contribution >= 0.6 is 11.6 Å². The van der Waals surface area contributed by atoms with E-state index >= 15 is 0 Å². The Hall–Kier alpha value is -1.20. The lowest BCUT2D eigenvalue weighted by atomic mass is 10.00. The number of hydrogen-bond donors (Lipinski definition) is 1. The van der Waals surface area contributed by atoms with Gasteiger partial charge in [-0.2, -0.15) is 5.26 Å². The molecule has 0 heterocycles. The van der Waals surface area contributed by atoms with E-state index in [1.807, 2.05) is 6.07 Å². The SMILES string of the molecule is CCC(C)CC(C)Nc1ccc(Cl)cc1C#N. The lowest BCUT2D eigenvalue weighted by molar-refractivity contribution is 0.484. The monoisotopic (exact) mass is 250 g/mol. The van der Waals surface area contributed by atoms with E-state index in [1.165, 1.54) is 6.42 Å². The van der Waals surface area contributed by atoms with E-state index in [4.69, 9.17) is 16.9 Å². The lowest BCUT2D eigenvalue weighted by Gasteiger charge is -2.19. The molecule has 0 aliphatic rings. The maximum atomic E-state index is 9.04. The first-order chi connectivity index (χ1) is 8.06. The molecule has 0 aliphatic heterocycles. The Bertz CT molecular complexity index is 409. The normalized spacial score (nSPS) is 13.8. The third-order valence-corrected chi connectivity index (χ3v) is 3.19. The predicted molar refractivity (Wildman–Crippen MR) is 73.3 cm³/mol. The molecule has 0 saturated heterocycles. The summed E-state index contributed by atoms with van der Waals surface area (Å²) < 4.78 is 0. The van der Waals surface area contributed by atoms with Crippen LogP contribution in [0, 0.1) is 17.2 Å². The number of halogens is 1. The molecule has 0 radical (unpaired) electrons. The minimum atomic E-state index is 0.359. The van der Waals surface area contributed by atoms with Crippen molar-refractivity contribution in [2.45, 2.75) is 39.7 Å². The maximum Gasteiger partial charge on any atom is 0.101 e. The minimum Gasteiger partial charge on any atom is -0.382 e. The summed E-state index contributed by atoms with van der Waals surface area (Å²) in [4.78, 5) is 0. The van der Waals surface area contributed by atoms with Crippen molar-refractivity contribution in [3.05, 3.63) is 28.8 Å². The Morgan fingerprint density at radius 3 is 2.71 bits per heavy atom. The van der Waals surface area contributed by atoms with Crippen molar-refractivity contribution in [1.82, 2.24) is 0 Å². The van der Waals surface area contributed by atoms with E-state index in [9.17, 15) is 0 Å². The molecule has 0 fully saturated rings. The standard InChI is InChI=1S/C14H19ClN2/c1-4-10(2)7-11(3)17-14-6-5-13(15)8-12(14)9-16/h5-6,8,10-11,17H,4,7H2,1-3H3. The van der Waals surface area contributed by atoms with Crippen molar-refractivity contribution in [1.29, 1.82) is 5.26 Å². The second-order valence-corrected chi connectivity index (χ2v) is 5.03. The van der Waals surface area contributed by atoms with Crippen LogP contribution in [0.3, 0.4) is 0 Å². The van der Waals surface area contributed by atoms with Gasteiger partial charge in [0.2, 0.25) is 0 Å². The van der Waals surface area contributed by atoms with Gasteiger partial charge in [-0.05, 0) is 37.5 Å². The second-order valence-electron chi connectivity index (χ2n) is 4.60. The Morgan fingerprint density at radius 1 is 1.41 bits per heavy atom. The summed E-state index contributed by atoms with van der Waals surface area (Å²) in [5, 5.41) is 13.0. The van der Waals surface area contributed by atoms with E-state index in [0.717, 1.165) is 12.1 Å².